The van der Waals surface area contributed by atoms with E-state index < -0.39 is 23.5 Å². The van der Waals surface area contributed by atoms with E-state index >= 15 is 0 Å². The van der Waals surface area contributed by atoms with Gasteiger partial charge in [0.15, 0.2) is 0 Å². The molecule has 0 spiro atoms. The van der Waals surface area contributed by atoms with Crippen LogP contribution >= 0.6 is 27.5 Å². The lowest BCUT2D eigenvalue weighted by Crippen LogP contribution is -2.28. The predicted molar refractivity (Wildman–Crippen MR) is 53.8 cm³/mol. The summed E-state index contributed by atoms with van der Waals surface area (Å²) < 4.78 is 37.1. The first-order valence-corrected chi connectivity index (χ1v) is 4.91. The monoisotopic (exact) mass is 303 g/mol. The van der Waals surface area contributed by atoms with Crippen LogP contribution in [0.5, 0.6) is 5.75 Å². The molecule has 84 valence electrons. The summed E-state index contributed by atoms with van der Waals surface area (Å²) in [6, 6.07) is 0.263. The maximum Gasteiger partial charge on any atom is 0.407 e. The highest BCUT2D eigenvalue weighted by Gasteiger charge is 2.40. The van der Waals surface area contributed by atoms with Crippen LogP contribution in [0.4, 0.5) is 13.2 Å². The fourth-order valence-corrected chi connectivity index (χ4v) is 1.63. The second kappa shape index (κ2) is 4.19. The van der Waals surface area contributed by atoms with Crippen LogP contribution in [-0.2, 0) is 0 Å². The van der Waals surface area contributed by atoms with Gasteiger partial charge in [0.1, 0.15) is 11.8 Å². The van der Waals surface area contributed by atoms with Crippen LogP contribution < -0.4 is 5.73 Å². The lowest BCUT2D eigenvalue weighted by atomic mass is 10.1. The Labute approximate surface area is 97.0 Å². The van der Waals surface area contributed by atoms with Crippen molar-refractivity contribution in [2.75, 3.05) is 0 Å². The Morgan fingerprint density at radius 2 is 1.93 bits per heavy atom. The van der Waals surface area contributed by atoms with Crippen molar-refractivity contribution in [1.82, 2.24) is 0 Å². The van der Waals surface area contributed by atoms with Crippen LogP contribution in [-0.4, -0.2) is 11.3 Å². The molecule has 1 aromatic carbocycles. The fourth-order valence-electron chi connectivity index (χ4n) is 1.02. The molecule has 0 aliphatic heterocycles. The molecule has 1 atom stereocenters. The van der Waals surface area contributed by atoms with Gasteiger partial charge in [-0.1, -0.05) is 11.6 Å². The van der Waals surface area contributed by atoms with Gasteiger partial charge in [-0.05, 0) is 28.1 Å². The first-order chi connectivity index (χ1) is 6.75. The minimum absolute atomic E-state index is 0.113. The van der Waals surface area contributed by atoms with E-state index in [1.54, 1.807) is 0 Å². The summed E-state index contributed by atoms with van der Waals surface area (Å²) in [6.45, 7) is 0. The first-order valence-electron chi connectivity index (χ1n) is 3.74. The normalized spacial score (nSPS) is 14.0. The number of phenolic OH excluding ortho intramolecular Hbond substituents is 1. The van der Waals surface area contributed by atoms with E-state index in [0.29, 0.717) is 0 Å². The second-order valence-corrected chi connectivity index (χ2v) is 4.07. The molecule has 0 heterocycles. The van der Waals surface area contributed by atoms with Gasteiger partial charge in [0.25, 0.3) is 0 Å². The van der Waals surface area contributed by atoms with Crippen molar-refractivity contribution in [2.45, 2.75) is 12.2 Å². The minimum atomic E-state index is -4.65. The Bertz CT molecular complexity index is 383. The lowest BCUT2D eigenvalue weighted by Gasteiger charge is -2.18. The topological polar surface area (TPSA) is 46.2 Å². The number of nitrogens with two attached hydrogens (primary N) is 1. The average Bonchev–Trinajstić information content (AvgIpc) is 2.10. The maximum absolute atomic E-state index is 12.3. The molecule has 0 bridgehead atoms. The standard InChI is InChI=1S/C8H6BrClF3NO/c9-3-1-2-4(10)5(6(3)15)7(14)8(11,12)13/h1-2,7,15H,14H2/t7-/m1/s1. The number of hydrogen-bond donors (Lipinski definition) is 2. The molecule has 0 saturated heterocycles. The number of halogens is 5. The molecule has 0 unspecified atom stereocenters. The highest BCUT2D eigenvalue weighted by molar-refractivity contribution is 9.10. The Kier molecular flexibility index (Phi) is 3.52. The van der Waals surface area contributed by atoms with Crippen molar-refractivity contribution in [3.8, 4) is 5.75 Å². The van der Waals surface area contributed by atoms with Gasteiger partial charge < -0.3 is 10.8 Å². The van der Waals surface area contributed by atoms with Crippen LogP contribution in [0.3, 0.4) is 0 Å². The molecule has 0 aromatic heterocycles. The average molecular weight is 304 g/mol. The minimum Gasteiger partial charge on any atom is -0.506 e. The summed E-state index contributed by atoms with van der Waals surface area (Å²) >= 11 is 8.43. The third-order valence-electron chi connectivity index (χ3n) is 1.78. The van der Waals surface area contributed by atoms with Crippen molar-refractivity contribution in [2.24, 2.45) is 5.73 Å². The van der Waals surface area contributed by atoms with Crippen molar-refractivity contribution >= 4 is 27.5 Å². The lowest BCUT2D eigenvalue weighted by molar-refractivity contribution is -0.149. The molecular formula is C8H6BrClF3NO. The Hall–Kier alpha value is -0.460. The number of alkyl halides is 3. The molecule has 0 saturated carbocycles. The number of rotatable bonds is 1. The summed E-state index contributed by atoms with van der Waals surface area (Å²) in [5.41, 5.74) is 4.42. The van der Waals surface area contributed by atoms with E-state index in [-0.39, 0.29) is 9.50 Å². The Morgan fingerprint density at radius 1 is 1.40 bits per heavy atom. The van der Waals surface area contributed by atoms with Crippen LogP contribution in [0.2, 0.25) is 5.02 Å². The molecule has 3 N–H and O–H groups in total. The summed E-state index contributed by atoms with van der Waals surface area (Å²) in [7, 11) is 0. The van der Waals surface area contributed by atoms with Crippen LogP contribution in [0.25, 0.3) is 0 Å². The van der Waals surface area contributed by atoms with Gasteiger partial charge in [0.2, 0.25) is 0 Å². The fraction of sp³-hybridized carbons (Fsp3) is 0.250. The SMILES string of the molecule is N[C@H](c1c(Cl)ccc(Br)c1O)C(F)(F)F. The summed E-state index contributed by atoms with van der Waals surface area (Å²) in [5, 5.41) is 9.18. The van der Waals surface area contributed by atoms with E-state index in [2.05, 4.69) is 15.9 Å². The van der Waals surface area contributed by atoms with Crippen molar-refractivity contribution in [3.63, 3.8) is 0 Å². The molecule has 0 radical (unpaired) electrons. The molecule has 1 rings (SSSR count). The highest BCUT2D eigenvalue weighted by Crippen LogP contribution is 2.42. The Balaban J connectivity index is 3.31. The van der Waals surface area contributed by atoms with Crippen molar-refractivity contribution in [3.05, 3.63) is 27.2 Å². The predicted octanol–water partition coefficient (Wildman–Crippen LogP) is 3.37. The summed E-state index contributed by atoms with van der Waals surface area (Å²) in [4.78, 5) is 0. The van der Waals surface area contributed by atoms with Crippen molar-refractivity contribution < 1.29 is 18.3 Å². The molecule has 1 aromatic rings. The number of hydrogen-bond acceptors (Lipinski definition) is 2. The zero-order chi connectivity index (χ0) is 11.8. The van der Waals surface area contributed by atoms with E-state index in [0.717, 1.165) is 0 Å². The third kappa shape index (κ3) is 2.56. The van der Waals surface area contributed by atoms with E-state index in [9.17, 15) is 18.3 Å². The zero-order valence-corrected chi connectivity index (χ0v) is 9.49. The largest absolute Gasteiger partial charge is 0.506 e. The molecule has 0 aliphatic carbocycles. The molecular weight excluding hydrogens is 298 g/mol. The number of phenols is 1. The number of benzene rings is 1. The number of aromatic hydroxyl groups is 1. The molecule has 7 heteroatoms. The third-order valence-corrected chi connectivity index (χ3v) is 2.75. The molecule has 15 heavy (non-hydrogen) atoms. The zero-order valence-electron chi connectivity index (χ0n) is 7.15. The van der Waals surface area contributed by atoms with Gasteiger partial charge in [-0.25, -0.2) is 0 Å². The maximum atomic E-state index is 12.3. The molecule has 0 aliphatic rings. The van der Waals surface area contributed by atoms with Crippen molar-refractivity contribution in [1.29, 1.82) is 0 Å². The summed E-state index contributed by atoms with van der Waals surface area (Å²) in [6.07, 6.45) is -4.65. The van der Waals surface area contributed by atoms with Crippen LogP contribution in [0, 0.1) is 0 Å². The van der Waals surface area contributed by atoms with Gasteiger partial charge in [-0.2, -0.15) is 13.2 Å². The molecule has 0 fully saturated rings. The van der Waals surface area contributed by atoms with Crippen LogP contribution in [0.1, 0.15) is 11.6 Å². The van der Waals surface area contributed by atoms with Crippen LogP contribution in [0.15, 0.2) is 16.6 Å². The van der Waals surface area contributed by atoms with E-state index in [1.165, 1.54) is 12.1 Å². The summed E-state index contributed by atoms with van der Waals surface area (Å²) in [5.74, 6) is -0.590. The van der Waals surface area contributed by atoms with Gasteiger partial charge in [-0.15, -0.1) is 0 Å². The molecule has 2 nitrogen and oxygen atoms in total. The Morgan fingerprint density at radius 3 is 2.40 bits per heavy atom. The second-order valence-electron chi connectivity index (χ2n) is 2.81. The van der Waals surface area contributed by atoms with Gasteiger partial charge in [0.05, 0.1) is 4.47 Å². The van der Waals surface area contributed by atoms with E-state index in [1.807, 2.05) is 0 Å². The van der Waals surface area contributed by atoms with Gasteiger partial charge in [0, 0.05) is 10.6 Å². The smallest absolute Gasteiger partial charge is 0.407 e. The van der Waals surface area contributed by atoms with Gasteiger partial charge in [-0.3, -0.25) is 0 Å². The van der Waals surface area contributed by atoms with Gasteiger partial charge >= 0.3 is 6.18 Å². The van der Waals surface area contributed by atoms with E-state index in [4.69, 9.17) is 17.3 Å². The highest BCUT2D eigenvalue weighted by atomic mass is 79.9. The first kappa shape index (κ1) is 12.6. The molecule has 0 amide bonds. The quantitative estimate of drug-likeness (QED) is 0.835.